The minimum Gasteiger partial charge on any atom is -0.463 e. The van der Waals surface area contributed by atoms with Crippen LogP contribution >= 0.6 is 11.3 Å². The minimum atomic E-state index is -0.583. The Labute approximate surface area is 156 Å². The van der Waals surface area contributed by atoms with Gasteiger partial charge >= 0.3 is 5.97 Å². The number of methoxy groups -OCH3 is 1. The molecule has 0 amide bonds. The zero-order valence-corrected chi connectivity index (χ0v) is 15.0. The van der Waals surface area contributed by atoms with E-state index in [1.54, 1.807) is 23.6 Å². The second kappa shape index (κ2) is 6.81. The van der Waals surface area contributed by atoms with E-state index < -0.39 is 5.97 Å². The topological polar surface area (TPSA) is 74.3 Å². The molecule has 3 aromatic heterocycles. The van der Waals surface area contributed by atoms with Gasteiger partial charge in [-0.1, -0.05) is 12.1 Å². The van der Waals surface area contributed by atoms with Gasteiger partial charge in [-0.15, -0.1) is 11.3 Å². The Kier molecular flexibility index (Phi) is 4.33. The number of hydrogen-bond acceptors (Lipinski definition) is 6. The lowest BCUT2D eigenvalue weighted by molar-refractivity contribution is 0.0563. The van der Waals surface area contributed by atoms with Crippen LogP contribution in [0.4, 0.5) is 4.39 Å². The quantitative estimate of drug-likeness (QED) is 0.502. The SMILES string of the molecule is COC(=O)c1ccc(Cn2cnc3c(-c4cccc(F)c4)csc3c2=O)o1. The van der Waals surface area contributed by atoms with Crippen LogP contribution in [0.15, 0.2) is 57.3 Å². The van der Waals surface area contributed by atoms with Gasteiger partial charge in [0.15, 0.2) is 0 Å². The van der Waals surface area contributed by atoms with E-state index >= 15 is 0 Å². The number of furan rings is 1. The molecule has 3 heterocycles. The van der Waals surface area contributed by atoms with Crippen molar-refractivity contribution in [2.45, 2.75) is 6.54 Å². The molecule has 0 aliphatic heterocycles. The molecule has 0 atom stereocenters. The van der Waals surface area contributed by atoms with E-state index in [0.717, 1.165) is 0 Å². The second-order valence-electron chi connectivity index (χ2n) is 5.77. The Hall–Kier alpha value is -3.26. The zero-order chi connectivity index (χ0) is 19.0. The van der Waals surface area contributed by atoms with Crippen molar-refractivity contribution in [2.24, 2.45) is 0 Å². The Morgan fingerprint density at radius 2 is 2.19 bits per heavy atom. The summed E-state index contributed by atoms with van der Waals surface area (Å²) in [6, 6.07) is 9.26. The van der Waals surface area contributed by atoms with Crippen molar-refractivity contribution in [1.29, 1.82) is 0 Å². The summed E-state index contributed by atoms with van der Waals surface area (Å²) in [4.78, 5) is 28.6. The molecule has 0 radical (unpaired) electrons. The molecule has 0 aliphatic carbocycles. The van der Waals surface area contributed by atoms with Gasteiger partial charge < -0.3 is 9.15 Å². The molecular weight excluding hydrogens is 371 g/mol. The number of halogens is 1. The van der Waals surface area contributed by atoms with Crippen molar-refractivity contribution in [3.8, 4) is 11.1 Å². The molecule has 0 saturated carbocycles. The summed E-state index contributed by atoms with van der Waals surface area (Å²) < 4.78 is 25.4. The Balaban J connectivity index is 1.70. The summed E-state index contributed by atoms with van der Waals surface area (Å²) in [5, 5.41) is 1.79. The maximum atomic E-state index is 13.5. The van der Waals surface area contributed by atoms with E-state index in [1.807, 2.05) is 0 Å². The number of ether oxygens (including phenoxy) is 1. The predicted molar refractivity (Wildman–Crippen MR) is 98.4 cm³/mol. The first-order chi connectivity index (χ1) is 13.1. The Bertz CT molecular complexity index is 1210. The number of fused-ring (bicyclic) bond motifs is 1. The molecule has 0 fully saturated rings. The maximum Gasteiger partial charge on any atom is 0.373 e. The minimum absolute atomic E-state index is 0.0686. The average Bonchev–Trinajstić information content (AvgIpc) is 3.31. The number of hydrogen-bond donors (Lipinski definition) is 0. The molecule has 1 aromatic carbocycles. The lowest BCUT2D eigenvalue weighted by atomic mass is 10.1. The molecule has 6 nitrogen and oxygen atoms in total. The molecule has 0 bridgehead atoms. The number of thiophene rings is 1. The van der Waals surface area contributed by atoms with Crippen molar-refractivity contribution < 1.29 is 18.3 Å². The molecule has 4 rings (SSSR count). The van der Waals surface area contributed by atoms with Crippen LogP contribution in [0.3, 0.4) is 0 Å². The molecule has 0 unspecified atom stereocenters. The van der Waals surface area contributed by atoms with Crippen LogP contribution in [0, 0.1) is 5.82 Å². The maximum absolute atomic E-state index is 13.5. The van der Waals surface area contributed by atoms with Gasteiger partial charge in [-0.05, 0) is 29.8 Å². The standard InChI is InChI=1S/C19H13FN2O4S/c1-25-19(24)15-6-5-13(26-15)8-22-10-21-16-14(9-27-17(16)18(22)23)11-3-2-4-12(20)7-11/h2-7,9-10H,8H2,1H3. The number of carbonyl (C=O) groups is 1. The van der Waals surface area contributed by atoms with Gasteiger partial charge in [-0.3, -0.25) is 9.36 Å². The van der Waals surface area contributed by atoms with E-state index in [-0.39, 0.29) is 23.7 Å². The number of carbonyl (C=O) groups excluding carboxylic acids is 1. The van der Waals surface area contributed by atoms with E-state index in [1.165, 1.54) is 47.5 Å². The zero-order valence-electron chi connectivity index (χ0n) is 14.1. The van der Waals surface area contributed by atoms with Gasteiger partial charge in [0.2, 0.25) is 5.76 Å². The third kappa shape index (κ3) is 3.15. The number of esters is 1. The summed E-state index contributed by atoms with van der Waals surface area (Å²) >= 11 is 1.26. The van der Waals surface area contributed by atoms with Crippen molar-refractivity contribution in [2.75, 3.05) is 7.11 Å². The lowest BCUT2D eigenvalue weighted by Crippen LogP contribution is -2.20. The van der Waals surface area contributed by atoms with Crippen LogP contribution in [-0.4, -0.2) is 22.6 Å². The van der Waals surface area contributed by atoms with Crippen LogP contribution in [0.1, 0.15) is 16.3 Å². The molecular formula is C19H13FN2O4S. The molecule has 4 aromatic rings. The summed E-state index contributed by atoms with van der Waals surface area (Å²) in [7, 11) is 1.26. The molecule has 0 saturated heterocycles. The van der Waals surface area contributed by atoms with Gasteiger partial charge in [0.1, 0.15) is 16.3 Å². The largest absolute Gasteiger partial charge is 0.463 e. The fourth-order valence-electron chi connectivity index (χ4n) is 2.76. The van der Waals surface area contributed by atoms with E-state index in [9.17, 15) is 14.0 Å². The van der Waals surface area contributed by atoms with Crippen LogP contribution in [0.5, 0.6) is 0 Å². The molecule has 0 spiro atoms. The van der Waals surface area contributed by atoms with E-state index in [2.05, 4.69) is 9.72 Å². The van der Waals surface area contributed by atoms with E-state index in [4.69, 9.17) is 4.42 Å². The number of nitrogens with zero attached hydrogens (tertiary/aromatic N) is 2. The van der Waals surface area contributed by atoms with E-state index in [0.29, 0.717) is 27.1 Å². The van der Waals surface area contributed by atoms with Crippen molar-refractivity contribution in [1.82, 2.24) is 9.55 Å². The average molecular weight is 384 g/mol. The fourth-order valence-corrected chi connectivity index (χ4v) is 3.73. The highest BCUT2D eigenvalue weighted by Gasteiger charge is 2.15. The highest BCUT2D eigenvalue weighted by Crippen LogP contribution is 2.31. The van der Waals surface area contributed by atoms with Gasteiger partial charge in [0.05, 0.1) is 25.5 Å². The van der Waals surface area contributed by atoms with Gasteiger partial charge in [-0.2, -0.15) is 0 Å². The number of aromatic nitrogens is 2. The highest BCUT2D eigenvalue weighted by atomic mass is 32.1. The fraction of sp³-hybridized carbons (Fsp3) is 0.105. The smallest absolute Gasteiger partial charge is 0.373 e. The van der Waals surface area contributed by atoms with Gasteiger partial charge in [0.25, 0.3) is 5.56 Å². The van der Waals surface area contributed by atoms with Crippen molar-refractivity contribution in [3.63, 3.8) is 0 Å². The van der Waals surface area contributed by atoms with Crippen LogP contribution in [0.2, 0.25) is 0 Å². The highest BCUT2D eigenvalue weighted by molar-refractivity contribution is 7.17. The number of rotatable bonds is 4. The summed E-state index contributed by atoms with van der Waals surface area (Å²) in [6.45, 7) is 0.131. The van der Waals surface area contributed by atoms with Crippen LogP contribution < -0.4 is 5.56 Å². The molecule has 27 heavy (non-hydrogen) atoms. The second-order valence-corrected chi connectivity index (χ2v) is 6.65. The molecule has 0 N–H and O–H groups in total. The Morgan fingerprint density at radius 1 is 1.33 bits per heavy atom. The monoisotopic (exact) mass is 384 g/mol. The first-order valence-corrected chi connectivity index (χ1v) is 8.84. The molecule has 136 valence electrons. The van der Waals surface area contributed by atoms with Crippen molar-refractivity contribution in [3.05, 3.63) is 75.8 Å². The summed E-state index contributed by atoms with van der Waals surface area (Å²) in [6.07, 6.45) is 1.42. The third-order valence-electron chi connectivity index (χ3n) is 4.06. The number of benzene rings is 1. The predicted octanol–water partition coefficient (Wildman–Crippen LogP) is 3.69. The molecule has 0 aliphatic rings. The summed E-state index contributed by atoms with van der Waals surface area (Å²) in [5.74, 6) is -0.431. The Morgan fingerprint density at radius 3 is 2.96 bits per heavy atom. The first-order valence-electron chi connectivity index (χ1n) is 7.96. The van der Waals surface area contributed by atoms with Crippen molar-refractivity contribution >= 4 is 27.5 Å². The van der Waals surface area contributed by atoms with Crippen LogP contribution in [-0.2, 0) is 11.3 Å². The third-order valence-corrected chi connectivity index (χ3v) is 5.01. The lowest BCUT2D eigenvalue weighted by Gasteiger charge is -2.04. The summed E-state index contributed by atoms with van der Waals surface area (Å²) in [5.41, 5.74) is 1.68. The van der Waals surface area contributed by atoms with Crippen LogP contribution in [0.25, 0.3) is 21.3 Å². The van der Waals surface area contributed by atoms with Gasteiger partial charge in [-0.25, -0.2) is 14.2 Å². The normalized spacial score (nSPS) is 11.0. The molecule has 8 heteroatoms. The van der Waals surface area contributed by atoms with Gasteiger partial charge in [0, 0.05) is 10.9 Å². The first kappa shape index (κ1) is 17.2.